The van der Waals surface area contributed by atoms with E-state index in [0.29, 0.717) is 10.3 Å². The molecule has 0 atom stereocenters. The number of imidazole rings is 1. The van der Waals surface area contributed by atoms with E-state index in [2.05, 4.69) is 15.1 Å². The Bertz CT molecular complexity index is 764. The fourth-order valence-electron chi connectivity index (χ4n) is 1.76. The first-order valence-electron chi connectivity index (χ1n) is 6.17. The van der Waals surface area contributed by atoms with Gasteiger partial charge in [0.2, 0.25) is 5.28 Å². The summed E-state index contributed by atoms with van der Waals surface area (Å²) in [5.41, 5.74) is 2.54. The van der Waals surface area contributed by atoms with Crippen LogP contribution in [0.2, 0.25) is 10.3 Å². The zero-order chi connectivity index (χ0) is 14.7. The molecule has 0 aliphatic rings. The fraction of sp³-hybridized carbons (Fsp3) is 0. The molecular weight excluding hydrogens is 307 g/mol. The highest BCUT2D eigenvalue weighted by Gasteiger charge is 2.06. The van der Waals surface area contributed by atoms with Gasteiger partial charge in [0.15, 0.2) is 0 Å². The van der Waals surface area contributed by atoms with E-state index in [0.717, 1.165) is 16.8 Å². The standard InChI is InChI=1S/C15H10Cl2N4/c16-13-5-3-11(4-6-13)8-19-21-10-14(20-15(21)17)12-2-1-7-18-9-12/h1-10H/b19-8+. The van der Waals surface area contributed by atoms with Gasteiger partial charge in [0.05, 0.1) is 18.1 Å². The number of rotatable bonds is 3. The monoisotopic (exact) mass is 316 g/mol. The van der Waals surface area contributed by atoms with Gasteiger partial charge in [0.1, 0.15) is 0 Å². The van der Waals surface area contributed by atoms with Crippen molar-refractivity contribution >= 4 is 29.4 Å². The number of benzene rings is 1. The summed E-state index contributed by atoms with van der Waals surface area (Å²) in [6.07, 6.45) is 6.88. The molecule has 21 heavy (non-hydrogen) atoms. The summed E-state index contributed by atoms with van der Waals surface area (Å²) in [6.45, 7) is 0. The zero-order valence-corrected chi connectivity index (χ0v) is 12.3. The average Bonchev–Trinajstić information content (AvgIpc) is 2.89. The van der Waals surface area contributed by atoms with Gasteiger partial charge in [-0.25, -0.2) is 9.66 Å². The normalized spacial score (nSPS) is 11.1. The van der Waals surface area contributed by atoms with Gasteiger partial charge in [-0.05, 0) is 41.4 Å². The van der Waals surface area contributed by atoms with Gasteiger partial charge in [-0.3, -0.25) is 4.98 Å². The maximum absolute atomic E-state index is 6.08. The van der Waals surface area contributed by atoms with Crippen molar-refractivity contribution in [2.45, 2.75) is 0 Å². The third kappa shape index (κ3) is 3.29. The number of pyridine rings is 1. The Labute approximate surface area is 131 Å². The molecule has 0 saturated heterocycles. The van der Waals surface area contributed by atoms with Crippen LogP contribution in [0.15, 0.2) is 60.1 Å². The smallest absolute Gasteiger partial charge is 0.224 e. The SMILES string of the molecule is Clc1ccc(/C=N/n2cc(-c3cccnc3)nc2Cl)cc1. The second-order valence-corrected chi connectivity index (χ2v) is 5.05. The minimum Gasteiger partial charge on any atom is -0.264 e. The van der Waals surface area contributed by atoms with Crippen LogP contribution in [0.5, 0.6) is 0 Å². The number of aromatic nitrogens is 3. The van der Waals surface area contributed by atoms with E-state index >= 15 is 0 Å². The molecule has 3 aromatic rings. The van der Waals surface area contributed by atoms with Crippen LogP contribution in [0.1, 0.15) is 5.56 Å². The molecule has 0 amide bonds. The Balaban J connectivity index is 1.86. The Hall–Kier alpha value is -2.17. The highest BCUT2D eigenvalue weighted by atomic mass is 35.5. The molecule has 0 N–H and O–H groups in total. The van der Waals surface area contributed by atoms with Gasteiger partial charge in [-0.1, -0.05) is 23.7 Å². The molecule has 0 bridgehead atoms. The van der Waals surface area contributed by atoms with Crippen molar-refractivity contribution in [3.8, 4) is 11.3 Å². The number of hydrogen-bond donors (Lipinski definition) is 0. The second-order valence-electron chi connectivity index (χ2n) is 4.28. The minimum absolute atomic E-state index is 0.291. The van der Waals surface area contributed by atoms with Crippen LogP contribution in [0, 0.1) is 0 Å². The predicted molar refractivity (Wildman–Crippen MR) is 84.9 cm³/mol. The van der Waals surface area contributed by atoms with Crippen molar-refractivity contribution in [3.05, 3.63) is 70.9 Å². The molecule has 0 radical (unpaired) electrons. The molecule has 0 spiro atoms. The van der Waals surface area contributed by atoms with Gasteiger partial charge < -0.3 is 0 Å². The molecule has 2 heterocycles. The molecule has 0 fully saturated rings. The Morgan fingerprint density at radius 2 is 1.90 bits per heavy atom. The maximum Gasteiger partial charge on any atom is 0.224 e. The molecule has 2 aromatic heterocycles. The van der Waals surface area contributed by atoms with Crippen LogP contribution >= 0.6 is 23.2 Å². The third-order valence-corrected chi connectivity index (χ3v) is 3.31. The number of halogens is 2. The summed E-state index contributed by atoms with van der Waals surface area (Å²) in [5.74, 6) is 0. The largest absolute Gasteiger partial charge is 0.264 e. The first-order valence-corrected chi connectivity index (χ1v) is 6.93. The van der Waals surface area contributed by atoms with Crippen molar-refractivity contribution in [1.29, 1.82) is 0 Å². The minimum atomic E-state index is 0.291. The maximum atomic E-state index is 6.08. The predicted octanol–water partition coefficient (Wildman–Crippen LogP) is 4.13. The molecule has 0 saturated carbocycles. The van der Waals surface area contributed by atoms with Crippen molar-refractivity contribution < 1.29 is 0 Å². The van der Waals surface area contributed by atoms with Crippen LogP contribution in [-0.4, -0.2) is 20.9 Å². The molecule has 104 valence electrons. The van der Waals surface area contributed by atoms with Crippen molar-refractivity contribution in [2.24, 2.45) is 5.10 Å². The number of nitrogens with zero attached hydrogens (tertiary/aromatic N) is 4. The van der Waals surface area contributed by atoms with E-state index < -0.39 is 0 Å². The molecule has 0 aliphatic heterocycles. The molecule has 3 rings (SSSR count). The summed E-state index contributed by atoms with van der Waals surface area (Å²) in [7, 11) is 0. The van der Waals surface area contributed by atoms with Crippen LogP contribution in [0.4, 0.5) is 0 Å². The van der Waals surface area contributed by atoms with Gasteiger partial charge >= 0.3 is 0 Å². The third-order valence-electron chi connectivity index (χ3n) is 2.80. The Morgan fingerprint density at radius 3 is 2.62 bits per heavy atom. The lowest BCUT2D eigenvalue weighted by molar-refractivity contribution is 0.883. The van der Waals surface area contributed by atoms with E-state index in [1.807, 2.05) is 24.3 Å². The summed E-state index contributed by atoms with van der Waals surface area (Å²) < 4.78 is 1.51. The average molecular weight is 317 g/mol. The van der Waals surface area contributed by atoms with Crippen molar-refractivity contribution in [2.75, 3.05) is 0 Å². The number of hydrogen-bond acceptors (Lipinski definition) is 3. The summed E-state index contributed by atoms with van der Waals surface area (Å²) in [6, 6.07) is 11.1. The first kappa shape index (κ1) is 13.8. The summed E-state index contributed by atoms with van der Waals surface area (Å²) in [5, 5.41) is 5.26. The van der Waals surface area contributed by atoms with E-state index in [-0.39, 0.29) is 0 Å². The summed E-state index contributed by atoms with van der Waals surface area (Å²) >= 11 is 11.9. The zero-order valence-electron chi connectivity index (χ0n) is 10.8. The topological polar surface area (TPSA) is 43.1 Å². The van der Waals surface area contributed by atoms with E-state index in [1.165, 1.54) is 4.68 Å². The second kappa shape index (κ2) is 6.08. The first-order chi connectivity index (χ1) is 10.2. The van der Waals surface area contributed by atoms with Gasteiger partial charge in [-0.2, -0.15) is 5.10 Å². The summed E-state index contributed by atoms with van der Waals surface area (Å²) in [4.78, 5) is 8.32. The van der Waals surface area contributed by atoms with Crippen LogP contribution in [0.25, 0.3) is 11.3 Å². The highest BCUT2D eigenvalue weighted by Crippen LogP contribution is 2.19. The Kier molecular flexibility index (Phi) is 3.99. The highest BCUT2D eigenvalue weighted by molar-refractivity contribution is 6.30. The molecule has 0 unspecified atom stereocenters. The molecular formula is C15H10Cl2N4. The lowest BCUT2D eigenvalue weighted by Crippen LogP contribution is -1.88. The van der Waals surface area contributed by atoms with Gasteiger partial charge in [0, 0.05) is 23.0 Å². The quantitative estimate of drug-likeness (QED) is 0.682. The van der Waals surface area contributed by atoms with Gasteiger partial charge in [-0.15, -0.1) is 0 Å². The van der Waals surface area contributed by atoms with E-state index in [9.17, 15) is 0 Å². The lowest BCUT2D eigenvalue weighted by atomic mass is 10.2. The fourth-order valence-corrected chi connectivity index (χ4v) is 2.07. The van der Waals surface area contributed by atoms with E-state index in [1.54, 1.807) is 36.9 Å². The molecule has 4 nitrogen and oxygen atoms in total. The Morgan fingerprint density at radius 1 is 1.10 bits per heavy atom. The van der Waals surface area contributed by atoms with Crippen LogP contribution in [0.3, 0.4) is 0 Å². The van der Waals surface area contributed by atoms with Crippen molar-refractivity contribution in [1.82, 2.24) is 14.6 Å². The molecule has 1 aromatic carbocycles. The molecule has 0 aliphatic carbocycles. The molecule has 6 heteroatoms. The lowest BCUT2D eigenvalue weighted by Gasteiger charge is -1.95. The van der Waals surface area contributed by atoms with E-state index in [4.69, 9.17) is 23.2 Å². The van der Waals surface area contributed by atoms with Gasteiger partial charge in [0.25, 0.3) is 0 Å². The van der Waals surface area contributed by atoms with Crippen LogP contribution < -0.4 is 0 Å². The van der Waals surface area contributed by atoms with Crippen molar-refractivity contribution in [3.63, 3.8) is 0 Å². The van der Waals surface area contributed by atoms with Crippen LogP contribution in [-0.2, 0) is 0 Å².